The van der Waals surface area contributed by atoms with Crippen LogP contribution in [0.5, 0.6) is 0 Å². The second-order valence-corrected chi connectivity index (χ2v) is 10.8. The van der Waals surface area contributed by atoms with E-state index in [-0.39, 0.29) is 17.9 Å². The summed E-state index contributed by atoms with van der Waals surface area (Å²) in [6, 6.07) is 20.7. The van der Waals surface area contributed by atoms with Gasteiger partial charge in [0.2, 0.25) is 15.9 Å². The standard InChI is InChI=1S/C24H25BrN2O3S/c1-17(18-6-9-22(25)10-7-18)26-24(28)20-12-14-27(15-13-20)31(29,30)23-11-8-19-4-2-3-5-21(19)16-23/h2-11,16-17,20H,12-15H2,1H3,(H,26,28)/t17-/m1/s1. The Labute approximate surface area is 191 Å². The van der Waals surface area contributed by atoms with Crippen LogP contribution < -0.4 is 5.32 Å². The molecule has 3 aromatic rings. The van der Waals surface area contributed by atoms with E-state index in [9.17, 15) is 13.2 Å². The van der Waals surface area contributed by atoms with Gasteiger partial charge in [-0.15, -0.1) is 0 Å². The van der Waals surface area contributed by atoms with Crippen LogP contribution in [0.15, 0.2) is 76.1 Å². The first kappa shape index (κ1) is 22.0. The molecule has 0 saturated carbocycles. The highest BCUT2D eigenvalue weighted by atomic mass is 79.9. The van der Waals surface area contributed by atoms with Crippen LogP contribution in [0.3, 0.4) is 0 Å². The smallest absolute Gasteiger partial charge is 0.243 e. The number of rotatable bonds is 5. The van der Waals surface area contributed by atoms with Crippen molar-refractivity contribution in [3.63, 3.8) is 0 Å². The number of sulfonamides is 1. The molecule has 31 heavy (non-hydrogen) atoms. The minimum atomic E-state index is -3.58. The zero-order chi connectivity index (χ0) is 22.0. The van der Waals surface area contributed by atoms with Crippen molar-refractivity contribution in [1.82, 2.24) is 9.62 Å². The molecule has 3 aromatic carbocycles. The number of fused-ring (bicyclic) bond motifs is 1. The van der Waals surface area contributed by atoms with Crippen molar-refractivity contribution >= 4 is 42.6 Å². The average Bonchev–Trinajstić information content (AvgIpc) is 2.79. The van der Waals surface area contributed by atoms with E-state index in [0.717, 1.165) is 20.8 Å². The van der Waals surface area contributed by atoms with Crippen molar-refractivity contribution in [2.45, 2.75) is 30.7 Å². The molecule has 1 fully saturated rings. The monoisotopic (exact) mass is 500 g/mol. The van der Waals surface area contributed by atoms with E-state index in [1.165, 1.54) is 4.31 Å². The molecule has 0 bridgehead atoms. The Kier molecular flexibility index (Phi) is 6.46. The number of carbonyl (C=O) groups excluding carboxylic acids is 1. The van der Waals surface area contributed by atoms with E-state index in [0.29, 0.717) is 30.8 Å². The summed E-state index contributed by atoms with van der Waals surface area (Å²) >= 11 is 3.42. The Morgan fingerprint density at radius 1 is 1.00 bits per heavy atom. The maximum absolute atomic E-state index is 13.1. The first-order chi connectivity index (χ1) is 14.8. The summed E-state index contributed by atoms with van der Waals surface area (Å²) < 4.78 is 28.7. The summed E-state index contributed by atoms with van der Waals surface area (Å²) in [6.07, 6.45) is 1.04. The molecule has 0 aromatic heterocycles. The van der Waals surface area contributed by atoms with Gasteiger partial charge in [-0.3, -0.25) is 4.79 Å². The SMILES string of the molecule is C[C@@H](NC(=O)C1CCN(S(=O)(=O)c2ccc3ccccc3c2)CC1)c1ccc(Br)cc1. The van der Waals surface area contributed by atoms with Crippen molar-refractivity contribution in [2.75, 3.05) is 13.1 Å². The molecular weight excluding hydrogens is 476 g/mol. The van der Waals surface area contributed by atoms with E-state index in [4.69, 9.17) is 0 Å². The number of benzene rings is 3. The second kappa shape index (κ2) is 9.10. The Hall–Kier alpha value is -2.22. The Bertz CT molecular complexity index is 1190. The summed E-state index contributed by atoms with van der Waals surface area (Å²) in [4.78, 5) is 13.0. The van der Waals surface area contributed by atoms with Gasteiger partial charge >= 0.3 is 0 Å². The molecule has 0 aliphatic carbocycles. The summed E-state index contributed by atoms with van der Waals surface area (Å²) in [5, 5.41) is 4.98. The number of nitrogens with zero attached hydrogens (tertiary/aromatic N) is 1. The Morgan fingerprint density at radius 2 is 1.65 bits per heavy atom. The largest absolute Gasteiger partial charge is 0.349 e. The molecule has 0 radical (unpaired) electrons. The minimum Gasteiger partial charge on any atom is -0.349 e. The number of carbonyl (C=O) groups is 1. The number of hydrogen-bond acceptors (Lipinski definition) is 3. The van der Waals surface area contributed by atoms with Gasteiger partial charge in [-0.2, -0.15) is 4.31 Å². The number of amides is 1. The number of hydrogen-bond donors (Lipinski definition) is 1. The molecule has 7 heteroatoms. The molecule has 1 aliphatic heterocycles. The Morgan fingerprint density at radius 3 is 2.32 bits per heavy atom. The molecule has 1 N–H and O–H groups in total. The van der Waals surface area contributed by atoms with E-state index >= 15 is 0 Å². The lowest BCUT2D eigenvalue weighted by Crippen LogP contribution is -2.43. The van der Waals surface area contributed by atoms with Gasteiger partial charge in [0.15, 0.2) is 0 Å². The third-order valence-electron chi connectivity index (χ3n) is 5.91. The maximum atomic E-state index is 13.1. The third-order valence-corrected chi connectivity index (χ3v) is 8.34. The predicted octanol–water partition coefficient (Wildman–Crippen LogP) is 4.88. The maximum Gasteiger partial charge on any atom is 0.243 e. The van der Waals surface area contributed by atoms with Gasteiger partial charge in [0.25, 0.3) is 0 Å². The first-order valence-corrected chi connectivity index (χ1v) is 12.6. The van der Waals surface area contributed by atoms with Crippen molar-refractivity contribution in [3.05, 3.63) is 76.8 Å². The highest BCUT2D eigenvalue weighted by molar-refractivity contribution is 9.10. The zero-order valence-corrected chi connectivity index (χ0v) is 19.7. The first-order valence-electron chi connectivity index (χ1n) is 10.4. The van der Waals surface area contributed by atoms with Gasteiger partial charge in [0.05, 0.1) is 10.9 Å². The molecule has 0 spiro atoms. The fourth-order valence-corrected chi connectivity index (χ4v) is 5.77. The summed E-state index contributed by atoms with van der Waals surface area (Å²) in [7, 11) is -3.58. The lowest BCUT2D eigenvalue weighted by Gasteiger charge is -2.31. The molecule has 1 atom stereocenters. The predicted molar refractivity (Wildman–Crippen MR) is 126 cm³/mol. The average molecular weight is 501 g/mol. The summed E-state index contributed by atoms with van der Waals surface area (Å²) in [5.74, 6) is -0.195. The fraction of sp³-hybridized carbons (Fsp3) is 0.292. The zero-order valence-electron chi connectivity index (χ0n) is 17.3. The van der Waals surface area contributed by atoms with Crippen LogP contribution in [0.4, 0.5) is 0 Å². The van der Waals surface area contributed by atoms with Crippen LogP contribution in [-0.2, 0) is 14.8 Å². The molecule has 4 rings (SSSR count). The van der Waals surface area contributed by atoms with Crippen LogP contribution in [-0.4, -0.2) is 31.7 Å². The molecule has 1 heterocycles. The summed E-state index contributed by atoms with van der Waals surface area (Å²) in [6.45, 7) is 2.65. The molecular formula is C24H25BrN2O3S. The topological polar surface area (TPSA) is 66.5 Å². The summed E-state index contributed by atoms with van der Waals surface area (Å²) in [5.41, 5.74) is 1.04. The van der Waals surface area contributed by atoms with Crippen molar-refractivity contribution in [1.29, 1.82) is 0 Å². The third kappa shape index (κ3) is 4.84. The fourth-order valence-electron chi connectivity index (χ4n) is 4.00. The molecule has 5 nitrogen and oxygen atoms in total. The van der Waals surface area contributed by atoms with Crippen molar-refractivity contribution < 1.29 is 13.2 Å². The normalized spacial score (nSPS) is 16.8. The highest BCUT2D eigenvalue weighted by Crippen LogP contribution is 2.27. The van der Waals surface area contributed by atoms with E-state index < -0.39 is 10.0 Å². The lowest BCUT2D eigenvalue weighted by atomic mass is 9.96. The Balaban J connectivity index is 1.39. The van der Waals surface area contributed by atoms with E-state index in [1.54, 1.807) is 12.1 Å². The van der Waals surface area contributed by atoms with Crippen LogP contribution in [0.25, 0.3) is 10.8 Å². The van der Waals surface area contributed by atoms with Crippen LogP contribution in [0.2, 0.25) is 0 Å². The number of nitrogens with one attached hydrogen (secondary N) is 1. The lowest BCUT2D eigenvalue weighted by molar-refractivity contribution is -0.126. The van der Waals surface area contributed by atoms with Crippen LogP contribution in [0, 0.1) is 5.92 Å². The molecule has 1 amide bonds. The van der Waals surface area contributed by atoms with Gasteiger partial charge in [0.1, 0.15) is 0 Å². The van der Waals surface area contributed by atoms with Crippen molar-refractivity contribution in [2.24, 2.45) is 5.92 Å². The van der Waals surface area contributed by atoms with Gasteiger partial charge in [0, 0.05) is 23.5 Å². The van der Waals surface area contributed by atoms with Gasteiger partial charge < -0.3 is 5.32 Å². The highest BCUT2D eigenvalue weighted by Gasteiger charge is 2.32. The van der Waals surface area contributed by atoms with Gasteiger partial charge in [-0.05, 0) is 60.4 Å². The van der Waals surface area contributed by atoms with Crippen LogP contribution >= 0.6 is 15.9 Å². The second-order valence-electron chi connectivity index (χ2n) is 7.97. The quantitative estimate of drug-likeness (QED) is 0.542. The number of piperidine rings is 1. The van der Waals surface area contributed by atoms with E-state index in [2.05, 4.69) is 21.2 Å². The van der Waals surface area contributed by atoms with Crippen molar-refractivity contribution in [3.8, 4) is 0 Å². The van der Waals surface area contributed by atoms with Gasteiger partial charge in [-0.1, -0.05) is 58.4 Å². The minimum absolute atomic E-state index is 0.0156. The number of halogens is 1. The molecule has 0 unspecified atom stereocenters. The van der Waals surface area contributed by atoms with E-state index in [1.807, 2.05) is 61.5 Å². The molecule has 1 saturated heterocycles. The molecule has 1 aliphatic rings. The van der Waals surface area contributed by atoms with Gasteiger partial charge in [-0.25, -0.2) is 8.42 Å². The van der Waals surface area contributed by atoms with Crippen LogP contribution in [0.1, 0.15) is 31.4 Å². The molecule has 162 valence electrons.